The Kier molecular flexibility index (Phi) is 5.50. The maximum absolute atomic E-state index is 6.42. The summed E-state index contributed by atoms with van der Waals surface area (Å²) in [5.41, 5.74) is 2.25. The lowest BCUT2D eigenvalue weighted by Gasteiger charge is -2.23. The molecule has 0 saturated carbocycles. The number of nitrogens with zero attached hydrogens (tertiary/aromatic N) is 1. The Hall–Kier alpha value is -1.45. The number of hydrogen-bond donors (Lipinski definition) is 1. The number of nitrogens with one attached hydrogen (secondary N) is 1. The van der Waals surface area contributed by atoms with Gasteiger partial charge in [-0.2, -0.15) is 0 Å². The zero-order chi connectivity index (χ0) is 14.4. The maximum Gasteiger partial charge on any atom is 0.123 e. The molecule has 1 heterocycles. The summed E-state index contributed by atoms with van der Waals surface area (Å²) in [4.78, 5) is 2.21. The van der Waals surface area contributed by atoms with Gasteiger partial charge in [0, 0.05) is 13.1 Å². The van der Waals surface area contributed by atoms with E-state index >= 15 is 0 Å². The molecule has 0 unspecified atom stereocenters. The van der Waals surface area contributed by atoms with Crippen LogP contribution in [0.1, 0.15) is 25.2 Å². The normalized spacial score (nSPS) is 10.8. The van der Waals surface area contributed by atoms with Crippen molar-refractivity contribution in [3.63, 3.8) is 0 Å². The third kappa shape index (κ3) is 3.78. The molecule has 1 N–H and O–H groups in total. The fourth-order valence-electron chi connectivity index (χ4n) is 2.14. The highest BCUT2D eigenvalue weighted by molar-refractivity contribution is 6.33. The predicted molar refractivity (Wildman–Crippen MR) is 84.3 cm³/mol. The highest BCUT2D eigenvalue weighted by atomic mass is 35.5. The Bertz CT molecular complexity index is 525. The minimum atomic E-state index is 0.732. The van der Waals surface area contributed by atoms with E-state index in [1.807, 2.05) is 18.2 Å². The van der Waals surface area contributed by atoms with Crippen LogP contribution in [0.15, 0.2) is 41.0 Å². The monoisotopic (exact) mass is 292 g/mol. The van der Waals surface area contributed by atoms with Gasteiger partial charge in [0.15, 0.2) is 0 Å². The van der Waals surface area contributed by atoms with E-state index in [9.17, 15) is 0 Å². The molecule has 0 atom stereocenters. The van der Waals surface area contributed by atoms with Gasteiger partial charge < -0.3 is 14.6 Å². The van der Waals surface area contributed by atoms with Gasteiger partial charge >= 0.3 is 0 Å². The summed E-state index contributed by atoms with van der Waals surface area (Å²) in [6.45, 7) is 7.63. The molecule has 0 bridgehead atoms. The zero-order valence-corrected chi connectivity index (χ0v) is 12.8. The van der Waals surface area contributed by atoms with Crippen molar-refractivity contribution in [1.29, 1.82) is 0 Å². The first-order chi connectivity index (χ1) is 9.74. The van der Waals surface area contributed by atoms with E-state index in [0.29, 0.717) is 0 Å². The summed E-state index contributed by atoms with van der Waals surface area (Å²) in [7, 11) is 0. The summed E-state index contributed by atoms with van der Waals surface area (Å²) in [5.74, 6) is 0.944. The molecule has 0 aliphatic rings. The number of anilines is 1. The van der Waals surface area contributed by atoms with Gasteiger partial charge in [-0.1, -0.05) is 24.6 Å². The van der Waals surface area contributed by atoms with E-state index < -0.39 is 0 Å². The van der Waals surface area contributed by atoms with E-state index in [1.165, 1.54) is 5.56 Å². The van der Waals surface area contributed by atoms with Crippen molar-refractivity contribution in [2.75, 3.05) is 18.0 Å². The Balaban J connectivity index is 2.13. The fourth-order valence-corrected chi connectivity index (χ4v) is 2.47. The molecule has 0 aliphatic carbocycles. The van der Waals surface area contributed by atoms with Gasteiger partial charge in [-0.15, -0.1) is 0 Å². The molecule has 1 aromatic heterocycles. The molecular formula is C16H21ClN2O. The van der Waals surface area contributed by atoms with Crippen LogP contribution < -0.4 is 10.2 Å². The van der Waals surface area contributed by atoms with Gasteiger partial charge in [-0.25, -0.2) is 0 Å². The van der Waals surface area contributed by atoms with Crippen molar-refractivity contribution in [3.05, 3.63) is 52.9 Å². The van der Waals surface area contributed by atoms with Crippen molar-refractivity contribution in [2.45, 2.75) is 26.9 Å². The average Bonchev–Trinajstić information content (AvgIpc) is 2.96. The predicted octanol–water partition coefficient (Wildman–Crippen LogP) is 4.07. The molecule has 1 aromatic carbocycles. The number of benzene rings is 1. The van der Waals surface area contributed by atoms with Gasteiger partial charge in [0.25, 0.3) is 0 Å². The molecule has 20 heavy (non-hydrogen) atoms. The van der Waals surface area contributed by atoms with Gasteiger partial charge in [-0.3, -0.25) is 0 Å². The molecule has 0 amide bonds. The first-order valence-electron chi connectivity index (χ1n) is 7.01. The van der Waals surface area contributed by atoms with Crippen LogP contribution in [-0.4, -0.2) is 13.1 Å². The minimum Gasteiger partial charge on any atom is -0.467 e. The Labute approximate surface area is 125 Å². The van der Waals surface area contributed by atoms with Crippen LogP contribution in [0.2, 0.25) is 5.02 Å². The molecular weight excluding hydrogens is 272 g/mol. The second-order valence-corrected chi connectivity index (χ2v) is 5.07. The molecule has 0 fully saturated rings. The molecule has 108 valence electrons. The lowest BCUT2D eigenvalue weighted by atomic mass is 10.2. The Morgan fingerprint density at radius 3 is 2.70 bits per heavy atom. The molecule has 0 saturated heterocycles. The summed E-state index contributed by atoms with van der Waals surface area (Å²) >= 11 is 6.42. The molecule has 3 nitrogen and oxygen atoms in total. The summed E-state index contributed by atoms with van der Waals surface area (Å²) < 4.78 is 5.41. The van der Waals surface area contributed by atoms with Crippen molar-refractivity contribution in [2.24, 2.45) is 0 Å². The first kappa shape index (κ1) is 14.9. The van der Waals surface area contributed by atoms with Crippen molar-refractivity contribution < 1.29 is 4.42 Å². The van der Waals surface area contributed by atoms with E-state index in [2.05, 4.69) is 36.2 Å². The van der Waals surface area contributed by atoms with Crippen LogP contribution in [0.5, 0.6) is 0 Å². The third-order valence-corrected chi connectivity index (χ3v) is 3.54. The summed E-state index contributed by atoms with van der Waals surface area (Å²) in [6, 6.07) is 10.1. The molecule has 0 spiro atoms. The third-order valence-electron chi connectivity index (χ3n) is 3.24. The minimum absolute atomic E-state index is 0.732. The first-order valence-corrected chi connectivity index (χ1v) is 7.38. The smallest absolute Gasteiger partial charge is 0.123 e. The van der Waals surface area contributed by atoms with Gasteiger partial charge in [0.05, 0.1) is 23.5 Å². The molecule has 0 radical (unpaired) electrons. The lowest BCUT2D eigenvalue weighted by molar-refractivity contribution is 0.503. The van der Waals surface area contributed by atoms with E-state index in [-0.39, 0.29) is 0 Å². The van der Waals surface area contributed by atoms with Crippen LogP contribution in [0, 0.1) is 0 Å². The standard InChI is InChI=1S/C16H21ClN2O/c1-3-18-11-13-7-8-16(15(17)10-13)19(4-2)12-14-6-5-9-20-14/h5-10,18H,3-4,11-12H2,1-2H3. The number of rotatable bonds is 7. The van der Waals surface area contributed by atoms with E-state index in [4.69, 9.17) is 16.0 Å². The van der Waals surface area contributed by atoms with Gasteiger partial charge in [0.1, 0.15) is 5.76 Å². The average molecular weight is 293 g/mol. The Morgan fingerprint density at radius 2 is 2.10 bits per heavy atom. The highest BCUT2D eigenvalue weighted by Gasteiger charge is 2.11. The quantitative estimate of drug-likeness (QED) is 0.834. The van der Waals surface area contributed by atoms with Gasteiger partial charge in [-0.05, 0) is 43.3 Å². The summed E-state index contributed by atoms with van der Waals surface area (Å²) in [5, 5.41) is 4.09. The van der Waals surface area contributed by atoms with Crippen LogP contribution in [0.3, 0.4) is 0 Å². The molecule has 2 rings (SSSR count). The van der Waals surface area contributed by atoms with E-state index in [0.717, 1.165) is 42.6 Å². The van der Waals surface area contributed by atoms with Crippen molar-refractivity contribution >= 4 is 17.3 Å². The van der Waals surface area contributed by atoms with Crippen LogP contribution in [0.25, 0.3) is 0 Å². The topological polar surface area (TPSA) is 28.4 Å². The van der Waals surface area contributed by atoms with Crippen molar-refractivity contribution in [3.8, 4) is 0 Å². The zero-order valence-electron chi connectivity index (χ0n) is 12.0. The van der Waals surface area contributed by atoms with E-state index in [1.54, 1.807) is 6.26 Å². The second kappa shape index (κ2) is 7.36. The van der Waals surface area contributed by atoms with Gasteiger partial charge in [0.2, 0.25) is 0 Å². The fraction of sp³-hybridized carbons (Fsp3) is 0.375. The number of halogens is 1. The highest BCUT2D eigenvalue weighted by Crippen LogP contribution is 2.28. The number of furan rings is 1. The van der Waals surface area contributed by atoms with Crippen LogP contribution in [0.4, 0.5) is 5.69 Å². The van der Waals surface area contributed by atoms with Crippen molar-refractivity contribution in [1.82, 2.24) is 5.32 Å². The summed E-state index contributed by atoms with van der Waals surface area (Å²) in [6.07, 6.45) is 1.70. The molecule has 2 aromatic rings. The van der Waals surface area contributed by atoms with Crippen LogP contribution >= 0.6 is 11.6 Å². The van der Waals surface area contributed by atoms with Crippen LogP contribution in [-0.2, 0) is 13.1 Å². The SMILES string of the molecule is CCNCc1ccc(N(CC)Cc2ccco2)c(Cl)c1. The largest absolute Gasteiger partial charge is 0.467 e. The lowest BCUT2D eigenvalue weighted by Crippen LogP contribution is -2.22. The Morgan fingerprint density at radius 1 is 1.25 bits per heavy atom. The maximum atomic E-state index is 6.42. The number of hydrogen-bond acceptors (Lipinski definition) is 3. The second-order valence-electron chi connectivity index (χ2n) is 4.66. The molecule has 4 heteroatoms. The molecule has 0 aliphatic heterocycles.